The van der Waals surface area contributed by atoms with Gasteiger partial charge < -0.3 is 10.5 Å². The van der Waals surface area contributed by atoms with E-state index in [-0.39, 0.29) is 11.7 Å². The van der Waals surface area contributed by atoms with Crippen molar-refractivity contribution in [1.29, 1.82) is 0 Å². The molecule has 5 rings (SSSR count). The summed E-state index contributed by atoms with van der Waals surface area (Å²) >= 11 is 0. The molecule has 3 aromatic heterocycles. The van der Waals surface area contributed by atoms with Crippen molar-refractivity contribution in [2.45, 2.75) is 13.5 Å². The number of benzene rings is 2. The highest BCUT2D eigenvalue weighted by Gasteiger charge is 2.16. The average molecular weight is 471 g/mol. The molecule has 5 aromatic rings. The van der Waals surface area contributed by atoms with Crippen LogP contribution in [0.1, 0.15) is 5.56 Å². The summed E-state index contributed by atoms with van der Waals surface area (Å²) in [5.41, 5.74) is 11.6. The minimum atomic E-state index is -2.88. The molecule has 174 valence electrons. The molecule has 0 spiro atoms. The van der Waals surface area contributed by atoms with Crippen molar-refractivity contribution in [1.82, 2.24) is 30.1 Å². The molecule has 0 radical (unpaired) electrons. The highest BCUT2D eigenvalue weighted by molar-refractivity contribution is 5.84. The highest BCUT2D eigenvalue weighted by atomic mass is 19.3. The maximum atomic E-state index is 12.4. The molecular formula is C25H19F2N7O. The van der Waals surface area contributed by atoms with E-state index in [0.29, 0.717) is 22.9 Å². The zero-order valence-electron chi connectivity index (χ0n) is 18.5. The van der Waals surface area contributed by atoms with Gasteiger partial charge in [-0.05, 0) is 60.5 Å². The van der Waals surface area contributed by atoms with Gasteiger partial charge in [-0.15, -0.1) is 0 Å². The van der Waals surface area contributed by atoms with Gasteiger partial charge in [0.2, 0.25) is 5.95 Å². The lowest BCUT2D eigenvalue weighted by Gasteiger charge is -2.12. The second-order valence-corrected chi connectivity index (χ2v) is 7.67. The van der Waals surface area contributed by atoms with Gasteiger partial charge in [0.15, 0.2) is 11.6 Å². The van der Waals surface area contributed by atoms with Crippen LogP contribution in [0.25, 0.3) is 45.2 Å². The highest BCUT2D eigenvalue weighted by Crippen LogP contribution is 2.34. The van der Waals surface area contributed by atoms with E-state index in [1.807, 2.05) is 37.3 Å². The number of nitrogens with zero attached hydrogens (tertiary/aromatic N) is 5. The molecule has 0 aliphatic heterocycles. The molecule has 0 aliphatic carbocycles. The van der Waals surface area contributed by atoms with Crippen molar-refractivity contribution in [3.05, 3.63) is 78.8 Å². The standard InChI is InChI=1S/C25H19F2N7O/c1-14-4-5-16(23-32-22(33-34-23)15-6-8-18(9-7-15)35-24(26)27)11-19(14)20-13-30-25(28)31-21(20)17-3-2-10-29-12-17/h2-13,24H,1H3,(H2,28,30,31)(H,32,33,34). The molecule has 0 fully saturated rings. The van der Waals surface area contributed by atoms with Gasteiger partial charge in [0.05, 0.1) is 5.69 Å². The number of nitrogens with one attached hydrogen (secondary N) is 1. The van der Waals surface area contributed by atoms with Crippen LogP contribution in [0.15, 0.2) is 73.2 Å². The summed E-state index contributed by atoms with van der Waals surface area (Å²) in [5, 5.41) is 7.24. The summed E-state index contributed by atoms with van der Waals surface area (Å²) in [4.78, 5) is 17.4. The first kappa shape index (κ1) is 22.1. The molecule has 0 saturated carbocycles. The Bertz CT molecular complexity index is 1470. The van der Waals surface area contributed by atoms with Gasteiger partial charge in [-0.3, -0.25) is 10.1 Å². The van der Waals surface area contributed by atoms with Crippen LogP contribution < -0.4 is 10.5 Å². The normalized spacial score (nSPS) is 11.1. The first-order chi connectivity index (χ1) is 17.0. The number of halogens is 2. The Kier molecular flexibility index (Phi) is 5.84. The van der Waals surface area contributed by atoms with Crippen LogP contribution in [0.4, 0.5) is 14.7 Å². The molecule has 2 aromatic carbocycles. The lowest BCUT2D eigenvalue weighted by atomic mass is 9.95. The fraction of sp³-hybridized carbons (Fsp3) is 0.0800. The van der Waals surface area contributed by atoms with E-state index in [1.165, 1.54) is 12.1 Å². The topological polar surface area (TPSA) is 115 Å². The number of nitrogen functional groups attached to an aromatic ring is 1. The Morgan fingerprint density at radius 3 is 2.46 bits per heavy atom. The Hall–Kier alpha value is -4.73. The number of aryl methyl sites for hydroxylation is 1. The van der Waals surface area contributed by atoms with Gasteiger partial charge in [0.1, 0.15) is 5.75 Å². The molecule has 0 aliphatic rings. The van der Waals surface area contributed by atoms with Gasteiger partial charge >= 0.3 is 6.61 Å². The monoisotopic (exact) mass is 471 g/mol. The van der Waals surface area contributed by atoms with Gasteiger partial charge in [0.25, 0.3) is 0 Å². The predicted molar refractivity (Wildman–Crippen MR) is 127 cm³/mol. The third-order valence-electron chi connectivity index (χ3n) is 5.37. The smallest absolute Gasteiger partial charge is 0.387 e. The summed E-state index contributed by atoms with van der Waals surface area (Å²) in [6.45, 7) is -0.881. The number of rotatable bonds is 6. The van der Waals surface area contributed by atoms with E-state index < -0.39 is 6.61 Å². The second kappa shape index (κ2) is 9.26. The van der Waals surface area contributed by atoms with Gasteiger partial charge in [-0.25, -0.2) is 15.0 Å². The molecule has 0 bridgehead atoms. The van der Waals surface area contributed by atoms with Crippen LogP contribution in [-0.2, 0) is 0 Å². The summed E-state index contributed by atoms with van der Waals surface area (Å²) in [5.74, 6) is 1.22. The number of ether oxygens (including phenoxy) is 1. The molecule has 0 saturated heterocycles. The number of aromatic amines is 1. The van der Waals surface area contributed by atoms with Crippen LogP contribution in [0.3, 0.4) is 0 Å². The van der Waals surface area contributed by atoms with E-state index in [0.717, 1.165) is 27.8 Å². The number of pyridine rings is 1. The van der Waals surface area contributed by atoms with Gasteiger partial charge in [0, 0.05) is 40.8 Å². The number of anilines is 1. The van der Waals surface area contributed by atoms with Crippen LogP contribution in [-0.4, -0.2) is 36.7 Å². The summed E-state index contributed by atoms with van der Waals surface area (Å²) < 4.78 is 29.2. The molecule has 3 N–H and O–H groups in total. The maximum Gasteiger partial charge on any atom is 0.387 e. The summed E-state index contributed by atoms with van der Waals surface area (Å²) in [6, 6.07) is 15.8. The largest absolute Gasteiger partial charge is 0.435 e. The Labute approximate surface area is 198 Å². The minimum absolute atomic E-state index is 0.0711. The van der Waals surface area contributed by atoms with Crippen LogP contribution in [0.5, 0.6) is 5.75 Å². The SMILES string of the molecule is Cc1ccc(-c2n[nH]c(-c3ccc(OC(F)F)cc3)n2)cc1-c1cnc(N)nc1-c1cccnc1. The van der Waals surface area contributed by atoms with E-state index in [1.54, 1.807) is 30.7 Å². The summed E-state index contributed by atoms with van der Waals surface area (Å²) in [7, 11) is 0. The Morgan fingerprint density at radius 1 is 0.914 bits per heavy atom. The van der Waals surface area contributed by atoms with Gasteiger partial charge in [-0.1, -0.05) is 12.1 Å². The summed E-state index contributed by atoms with van der Waals surface area (Å²) in [6.07, 6.45) is 5.12. The molecule has 35 heavy (non-hydrogen) atoms. The average Bonchev–Trinajstić information content (AvgIpc) is 3.35. The number of nitrogens with two attached hydrogens (primary N) is 1. The van der Waals surface area contributed by atoms with Crippen LogP contribution in [0.2, 0.25) is 0 Å². The van der Waals surface area contributed by atoms with Crippen molar-refractivity contribution >= 4 is 5.95 Å². The first-order valence-corrected chi connectivity index (χ1v) is 10.6. The van der Waals surface area contributed by atoms with Gasteiger partial charge in [-0.2, -0.15) is 13.9 Å². The number of hydrogen-bond acceptors (Lipinski definition) is 7. The Balaban J connectivity index is 1.51. The molecular weight excluding hydrogens is 452 g/mol. The molecule has 0 unspecified atom stereocenters. The second-order valence-electron chi connectivity index (χ2n) is 7.67. The van der Waals surface area contributed by atoms with Crippen molar-refractivity contribution in [2.75, 3.05) is 5.73 Å². The van der Waals surface area contributed by atoms with E-state index in [4.69, 9.17) is 5.73 Å². The molecule has 0 atom stereocenters. The molecule has 3 heterocycles. The van der Waals surface area contributed by atoms with Crippen molar-refractivity contribution < 1.29 is 13.5 Å². The number of alkyl halides is 2. The zero-order chi connectivity index (χ0) is 24.4. The van der Waals surface area contributed by atoms with E-state index in [2.05, 4.69) is 34.9 Å². The number of H-pyrrole nitrogens is 1. The van der Waals surface area contributed by atoms with Crippen LogP contribution in [0, 0.1) is 6.92 Å². The third kappa shape index (κ3) is 4.67. The van der Waals surface area contributed by atoms with Crippen molar-refractivity contribution in [3.8, 4) is 50.9 Å². The molecule has 10 heteroatoms. The van der Waals surface area contributed by atoms with Crippen molar-refractivity contribution in [3.63, 3.8) is 0 Å². The maximum absolute atomic E-state index is 12.4. The minimum Gasteiger partial charge on any atom is -0.435 e. The number of aromatic nitrogens is 6. The van der Waals surface area contributed by atoms with E-state index >= 15 is 0 Å². The Morgan fingerprint density at radius 2 is 1.71 bits per heavy atom. The molecule has 0 amide bonds. The molecule has 8 nitrogen and oxygen atoms in total. The first-order valence-electron chi connectivity index (χ1n) is 10.6. The van der Waals surface area contributed by atoms with Crippen LogP contribution >= 0.6 is 0 Å². The number of hydrogen-bond donors (Lipinski definition) is 2. The fourth-order valence-corrected chi connectivity index (χ4v) is 3.68. The lowest BCUT2D eigenvalue weighted by molar-refractivity contribution is -0.0498. The van der Waals surface area contributed by atoms with Crippen molar-refractivity contribution in [2.24, 2.45) is 0 Å². The van der Waals surface area contributed by atoms with E-state index in [9.17, 15) is 8.78 Å². The quantitative estimate of drug-likeness (QED) is 0.352. The fourth-order valence-electron chi connectivity index (χ4n) is 3.68. The zero-order valence-corrected chi connectivity index (χ0v) is 18.5. The predicted octanol–water partition coefficient (Wildman–Crippen LogP) is 5.15. The third-order valence-corrected chi connectivity index (χ3v) is 5.37. The lowest BCUT2D eigenvalue weighted by Crippen LogP contribution is -2.01.